The number of pyridine rings is 1. The number of unbranched alkanes of at least 4 members (excludes halogenated alkanes) is 2. The number of ether oxygens (including phenoxy) is 1. The summed E-state index contributed by atoms with van der Waals surface area (Å²) < 4.78 is 5.06. The van der Waals surface area contributed by atoms with Crippen LogP contribution in [0.1, 0.15) is 36.5 Å². The lowest BCUT2D eigenvalue weighted by molar-refractivity contribution is 0.0498. The van der Waals surface area contributed by atoms with E-state index in [1.807, 2.05) is 0 Å². The van der Waals surface area contributed by atoms with Crippen LogP contribution in [0.5, 0.6) is 0 Å². The lowest BCUT2D eigenvalue weighted by Crippen LogP contribution is -2.07. The smallest absolute Gasteiger partial charge is 0.338 e. The van der Waals surface area contributed by atoms with Crippen molar-refractivity contribution in [1.82, 2.24) is 4.98 Å². The van der Waals surface area contributed by atoms with Crippen LogP contribution in [0, 0.1) is 0 Å². The zero-order chi connectivity index (χ0) is 11.1. The molecule has 0 saturated carbocycles. The van der Waals surface area contributed by atoms with Gasteiger partial charge in [0.25, 0.3) is 0 Å². The number of carbonyl (C=O) groups is 1. The molecule has 0 spiro atoms. The maximum Gasteiger partial charge on any atom is 0.338 e. The van der Waals surface area contributed by atoms with E-state index in [2.05, 4.69) is 11.9 Å². The number of esters is 1. The molecule has 4 nitrogen and oxygen atoms in total. The lowest BCUT2D eigenvalue weighted by atomic mass is 10.2. The number of hydrogen-bond donors (Lipinski definition) is 1. The highest BCUT2D eigenvalue weighted by Gasteiger charge is 2.06. The van der Waals surface area contributed by atoms with Crippen LogP contribution in [-0.4, -0.2) is 17.6 Å². The van der Waals surface area contributed by atoms with Crippen molar-refractivity contribution < 1.29 is 9.53 Å². The van der Waals surface area contributed by atoms with E-state index in [1.54, 1.807) is 6.07 Å². The zero-order valence-corrected chi connectivity index (χ0v) is 8.90. The van der Waals surface area contributed by atoms with Crippen LogP contribution in [0.3, 0.4) is 0 Å². The fourth-order valence-electron chi connectivity index (χ4n) is 1.18. The quantitative estimate of drug-likeness (QED) is 0.593. The zero-order valence-electron chi connectivity index (χ0n) is 8.90. The van der Waals surface area contributed by atoms with Crippen molar-refractivity contribution in [3.63, 3.8) is 0 Å². The van der Waals surface area contributed by atoms with E-state index in [9.17, 15) is 4.79 Å². The average molecular weight is 208 g/mol. The lowest BCUT2D eigenvalue weighted by Gasteiger charge is -2.04. The Bertz CT molecular complexity index is 326. The van der Waals surface area contributed by atoms with Crippen molar-refractivity contribution in [1.29, 1.82) is 0 Å². The highest BCUT2D eigenvalue weighted by molar-refractivity contribution is 5.89. The Kier molecular flexibility index (Phi) is 4.60. The molecule has 0 aliphatic rings. The fraction of sp³-hybridized carbons (Fsp3) is 0.455. The molecule has 0 aliphatic carbocycles. The van der Waals surface area contributed by atoms with Crippen LogP contribution in [0.25, 0.3) is 0 Å². The third-order valence-electron chi connectivity index (χ3n) is 2.00. The molecule has 0 fully saturated rings. The monoisotopic (exact) mass is 208 g/mol. The van der Waals surface area contributed by atoms with E-state index in [1.165, 1.54) is 12.3 Å². The van der Waals surface area contributed by atoms with Gasteiger partial charge in [-0.05, 0) is 18.6 Å². The van der Waals surface area contributed by atoms with Crippen LogP contribution < -0.4 is 5.73 Å². The Morgan fingerprint density at radius 1 is 1.53 bits per heavy atom. The number of nitrogen functional groups attached to an aromatic ring is 1. The van der Waals surface area contributed by atoms with Crippen LogP contribution in [0.2, 0.25) is 0 Å². The van der Waals surface area contributed by atoms with Gasteiger partial charge in [-0.3, -0.25) is 0 Å². The van der Waals surface area contributed by atoms with E-state index >= 15 is 0 Å². The molecule has 82 valence electrons. The Balaban J connectivity index is 2.40. The van der Waals surface area contributed by atoms with Gasteiger partial charge in [0.2, 0.25) is 0 Å². The molecule has 0 radical (unpaired) electrons. The van der Waals surface area contributed by atoms with Crippen LogP contribution in [-0.2, 0) is 4.74 Å². The highest BCUT2D eigenvalue weighted by atomic mass is 16.5. The molecule has 0 aliphatic heterocycles. The second-order valence-corrected chi connectivity index (χ2v) is 3.31. The van der Waals surface area contributed by atoms with Crippen LogP contribution in [0.15, 0.2) is 18.3 Å². The van der Waals surface area contributed by atoms with E-state index < -0.39 is 0 Å². The van der Waals surface area contributed by atoms with Crippen molar-refractivity contribution in [3.8, 4) is 0 Å². The summed E-state index contributed by atoms with van der Waals surface area (Å²) in [5.41, 5.74) is 5.91. The van der Waals surface area contributed by atoms with E-state index in [0.29, 0.717) is 18.0 Å². The van der Waals surface area contributed by atoms with E-state index in [4.69, 9.17) is 10.5 Å². The number of nitrogens with zero attached hydrogens (tertiary/aromatic N) is 1. The van der Waals surface area contributed by atoms with Gasteiger partial charge < -0.3 is 10.5 Å². The summed E-state index contributed by atoms with van der Waals surface area (Å²) in [4.78, 5) is 15.3. The molecule has 1 heterocycles. The Morgan fingerprint density at radius 3 is 3.00 bits per heavy atom. The van der Waals surface area contributed by atoms with Gasteiger partial charge >= 0.3 is 5.97 Å². The molecular weight excluding hydrogens is 192 g/mol. The Hall–Kier alpha value is -1.58. The highest BCUT2D eigenvalue weighted by Crippen LogP contribution is 2.05. The van der Waals surface area contributed by atoms with Gasteiger partial charge in [-0.1, -0.05) is 19.8 Å². The first-order chi connectivity index (χ1) is 7.24. The van der Waals surface area contributed by atoms with Crippen molar-refractivity contribution in [2.24, 2.45) is 0 Å². The number of carbonyl (C=O) groups excluding carboxylic acids is 1. The summed E-state index contributed by atoms with van der Waals surface area (Å²) in [6, 6.07) is 3.11. The predicted molar refractivity (Wildman–Crippen MR) is 58.5 cm³/mol. The largest absolute Gasteiger partial charge is 0.462 e. The number of anilines is 1. The topological polar surface area (TPSA) is 65.2 Å². The molecule has 1 aromatic heterocycles. The fourth-order valence-corrected chi connectivity index (χ4v) is 1.18. The van der Waals surface area contributed by atoms with Crippen molar-refractivity contribution in [3.05, 3.63) is 23.9 Å². The molecule has 0 atom stereocenters. The number of aromatic nitrogens is 1. The van der Waals surface area contributed by atoms with Crippen molar-refractivity contribution >= 4 is 11.8 Å². The molecule has 0 unspecified atom stereocenters. The SMILES string of the molecule is CCCCCOC(=O)c1ccnc(N)c1. The van der Waals surface area contributed by atoms with E-state index in [-0.39, 0.29) is 5.97 Å². The summed E-state index contributed by atoms with van der Waals surface area (Å²) in [7, 11) is 0. The van der Waals surface area contributed by atoms with Gasteiger partial charge in [0.05, 0.1) is 12.2 Å². The Morgan fingerprint density at radius 2 is 2.33 bits per heavy atom. The standard InChI is InChI=1S/C11H16N2O2/c1-2-3-4-7-15-11(14)9-5-6-13-10(12)8-9/h5-6,8H,2-4,7H2,1H3,(H2,12,13). The summed E-state index contributed by atoms with van der Waals surface area (Å²) in [5.74, 6) is -0.00166. The van der Waals surface area contributed by atoms with Gasteiger partial charge in [0.1, 0.15) is 5.82 Å². The first kappa shape index (κ1) is 11.5. The molecule has 0 aromatic carbocycles. The van der Waals surface area contributed by atoms with Gasteiger partial charge in [0, 0.05) is 6.20 Å². The summed E-state index contributed by atoms with van der Waals surface area (Å²) in [6.07, 6.45) is 4.59. The van der Waals surface area contributed by atoms with Crippen LogP contribution >= 0.6 is 0 Å². The normalized spacial score (nSPS) is 9.93. The second kappa shape index (κ2) is 6.01. The summed E-state index contributed by atoms with van der Waals surface area (Å²) >= 11 is 0. The molecule has 15 heavy (non-hydrogen) atoms. The third kappa shape index (κ3) is 3.97. The first-order valence-corrected chi connectivity index (χ1v) is 5.12. The Labute approximate surface area is 89.5 Å². The molecule has 1 rings (SSSR count). The molecule has 0 amide bonds. The molecule has 0 bridgehead atoms. The number of hydrogen-bond acceptors (Lipinski definition) is 4. The number of nitrogens with two attached hydrogens (primary N) is 1. The van der Waals surface area contributed by atoms with Crippen LogP contribution in [0.4, 0.5) is 5.82 Å². The third-order valence-corrected chi connectivity index (χ3v) is 2.00. The molecular formula is C11H16N2O2. The minimum atomic E-state index is -0.333. The molecule has 4 heteroatoms. The summed E-state index contributed by atoms with van der Waals surface area (Å²) in [6.45, 7) is 2.57. The minimum Gasteiger partial charge on any atom is -0.462 e. The molecule has 2 N–H and O–H groups in total. The van der Waals surface area contributed by atoms with Gasteiger partial charge in [-0.25, -0.2) is 9.78 Å². The molecule has 1 aromatic rings. The van der Waals surface area contributed by atoms with Gasteiger partial charge in [-0.2, -0.15) is 0 Å². The average Bonchev–Trinajstić information content (AvgIpc) is 2.24. The second-order valence-electron chi connectivity index (χ2n) is 3.31. The molecule has 0 saturated heterocycles. The number of rotatable bonds is 5. The van der Waals surface area contributed by atoms with Gasteiger partial charge in [0.15, 0.2) is 0 Å². The van der Waals surface area contributed by atoms with Gasteiger partial charge in [-0.15, -0.1) is 0 Å². The van der Waals surface area contributed by atoms with Crippen molar-refractivity contribution in [2.75, 3.05) is 12.3 Å². The maximum atomic E-state index is 11.5. The van der Waals surface area contributed by atoms with E-state index in [0.717, 1.165) is 19.3 Å². The summed E-state index contributed by atoms with van der Waals surface area (Å²) in [5, 5.41) is 0. The first-order valence-electron chi connectivity index (χ1n) is 5.12. The maximum absolute atomic E-state index is 11.5. The minimum absolute atomic E-state index is 0.331. The predicted octanol–water partition coefficient (Wildman–Crippen LogP) is 2.01. The van der Waals surface area contributed by atoms with Crippen molar-refractivity contribution in [2.45, 2.75) is 26.2 Å².